The van der Waals surface area contributed by atoms with Gasteiger partial charge in [-0.05, 0) is 110 Å². The third-order valence-electron chi connectivity index (χ3n) is 10.1. The molecule has 2 nitrogen and oxygen atoms in total. The number of nitrogens with zero attached hydrogens (tertiary/aromatic N) is 2. The van der Waals surface area contributed by atoms with Crippen LogP contribution in [0.4, 0.5) is 22.7 Å². The molecule has 0 aromatic heterocycles. The Morgan fingerprint density at radius 2 is 0.918 bits per heavy atom. The molecule has 0 spiro atoms. The smallest absolute Gasteiger partial charge is 0.0467 e. The fourth-order valence-corrected chi connectivity index (χ4v) is 7.34. The summed E-state index contributed by atoms with van der Waals surface area (Å²) in [6.07, 6.45) is 15.9. The van der Waals surface area contributed by atoms with Crippen molar-refractivity contribution in [2.45, 2.75) is 0 Å². The Morgan fingerprint density at radius 3 is 1.63 bits per heavy atom. The van der Waals surface area contributed by atoms with E-state index in [4.69, 9.17) is 0 Å². The van der Waals surface area contributed by atoms with Gasteiger partial charge in [-0.1, -0.05) is 121 Å². The van der Waals surface area contributed by atoms with E-state index in [0.717, 1.165) is 17.1 Å². The van der Waals surface area contributed by atoms with Crippen LogP contribution in [0, 0.1) is 11.8 Å². The lowest BCUT2D eigenvalue weighted by Gasteiger charge is -2.31. The van der Waals surface area contributed by atoms with E-state index in [1.165, 1.54) is 54.8 Å². The van der Waals surface area contributed by atoms with Crippen LogP contribution in [0.5, 0.6) is 0 Å². The summed E-state index contributed by atoms with van der Waals surface area (Å²) in [6, 6.07) is 53.1. The highest BCUT2D eigenvalue weighted by Gasteiger charge is 2.22. The van der Waals surface area contributed by atoms with Gasteiger partial charge in [0.15, 0.2) is 0 Å². The molecular formula is C47H36N2. The van der Waals surface area contributed by atoms with E-state index in [-0.39, 0.29) is 0 Å². The highest BCUT2D eigenvalue weighted by molar-refractivity contribution is 5.99. The molecule has 2 unspecified atom stereocenters. The molecule has 2 heteroatoms. The number of hydrogen-bond donors (Lipinski definition) is 0. The molecule has 2 atom stereocenters. The van der Waals surface area contributed by atoms with Crippen LogP contribution in [-0.2, 0) is 0 Å². The highest BCUT2D eigenvalue weighted by atomic mass is 15.1. The van der Waals surface area contributed by atoms with Crippen molar-refractivity contribution in [3.8, 4) is 11.1 Å². The number of benzene rings is 7. The van der Waals surface area contributed by atoms with Crippen LogP contribution in [0.1, 0.15) is 0 Å². The first-order valence-electron chi connectivity index (χ1n) is 17.1. The van der Waals surface area contributed by atoms with Gasteiger partial charge in [-0.2, -0.15) is 0 Å². The van der Waals surface area contributed by atoms with Gasteiger partial charge in [0.05, 0.1) is 0 Å². The Morgan fingerprint density at radius 1 is 0.408 bits per heavy atom. The van der Waals surface area contributed by atoms with Gasteiger partial charge >= 0.3 is 0 Å². The zero-order valence-corrected chi connectivity index (χ0v) is 27.4. The topological polar surface area (TPSA) is 6.48 Å². The maximum absolute atomic E-state index is 2.40. The van der Waals surface area contributed by atoms with Crippen molar-refractivity contribution in [3.05, 3.63) is 194 Å². The molecule has 49 heavy (non-hydrogen) atoms. The molecule has 0 fully saturated rings. The second-order valence-corrected chi connectivity index (χ2v) is 13.1. The summed E-state index contributed by atoms with van der Waals surface area (Å²) in [6.45, 7) is 0. The van der Waals surface area contributed by atoms with E-state index in [0.29, 0.717) is 11.8 Å². The van der Waals surface area contributed by atoms with Gasteiger partial charge in [-0.25, -0.2) is 0 Å². The van der Waals surface area contributed by atoms with Gasteiger partial charge in [-0.15, -0.1) is 0 Å². The van der Waals surface area contributed by atoms with Gasteiger partial charge in [-0.3, -0.25) is 0 Å². The fraction of sp³-hybridized carbons (Fsp3) is 0.0638. The van der Waals surface area contributed by atoms with Gasteiger partial charge in [0, 0.05) is 47.3 Å². The van der Waals surface area contributed by atoms with Crippen LogP contribution in [-0.4, -0.2) is 7.05 Å². The van der Waals surface area contributed by atoms with E-state index in [9.17, 15) is 0 Å². The van der Waals surface area contributed by atoms with E-state index in [2.05, 4.69) is 205 Å². The molecule has 0 saturated carbocycles. The first-order chi connectivity index (χ1) is 24.2. The summed E-state index contributed by atoms with van der Waals surface area (Å²) in [5.41, 5.74) is 8.22. The van der Waals surface area contributed by atoms with Gasteiger partial charge in [0.2, 0.25) is 0 Å². The Kier molecular flexibility index (Phi) is 7.21. The highest BCUT2D eigenvalue weighted by Crippen LogP contribution is 2.38. The van der Waals surface area contributed by atoms with Crippen molar-refractivity contribution in [2.24, 2.45) is 11.8 Å². The lowest BCUT2D eigenvalue weighted by atomic mass is 9.84. The molecule has 0 saturated heterocycles. The van der Waals surface area contributed by atoms with Crippen molar-refractivity contribution in [1.29, 1.82) is 0 Å². The van der Waals surface area contributed by atoms with Crippen molar-refractivity contribution >= 4 is 55.1 Å². The van der Waals surface area contributed by atoms with Crippen LogP contribution in [0.3, 0.4) is 0 Å². The molecule has 2 aliphatic carbocycles. The summed E-state index contributed by atoms with van der Waals surface area (Å²) >= 11 is 0. The quantitative estimate of drug-likeness (QED) is 0.169. The molecule has 0 amide bonds. The molecule has 0 aliphatic heterocycles. The Balaban J connectivity index is 1.00. The van der Waals surface area contributed by atoms with Crippen molar-refractivity contribution in [3.63, 3.8) is 0 Å². The fourth-order valence-electron chi connectivity index (χ4n) is 7.34. The SMILES string of the molecule is CN(c1ccc(-c2ccc(N(C3=CC4C=CC=CC4C=C3)c3ccc4ccccc4c3)cc2)cc1)c1ccc2cc3ccccc3cc2c1. The van der Waals surface area contributed by atoms with E-state index >= 15 is 0 Å². The number of rotatable bonds is 6. The molecule has 9 rings (SSSR count). The molecule has 0 radical (unpaired) electrons. The normalized spacial score (nSPS) is 16.6. The molecule has 2 aliphatic rings. The van der Waals surface area contributed by atoms with E-state index in [1.807, 2.05) is 0 Å². The van der Waals surface area contributed by atoms with Crippen LogP contribution in [0.25, 0.3) is 43.4 Å². The average Bonchev–Trinajstić information content (AvgIpc) is 3.17. The number of hydrogen-bond acceptors (Lipinski definition) is 2. The van der Waals surface area contributed by atoms with Crippen LogP contribution >= 0.6 is 0 Å². The third-order valence-corrected chi connectivity index (χ3v) is 10.1. The van der Waals surface area contributed by atoms with Crippen LogP contribution < -0.4 is 9.80 Å². The molecule has 0 heterocycles. The number of fused-ring (bicyclic) bond motifs is 4. The van der Waals surface area contributed by atoms with Gasteiger partial charge in [0.25, 0.3) is 0 Å². The predicted octanol–water partition coefficient (Wildman–Crippen LogP) is 12.5. The minimum Gasteiger partial charge on any atom is -0.345 e. The summed E-state index contributed by atoms with van der Waals surface area (Å²) < 4.78 is 0. The summed E-state index contributed by atoms with van der Waals surface area (Å²) in [5, 5.41) is 7.54. The lowest BCUT2D eigenvalue weighted by molar-refractivity contribution is 0.652. The first-order valence-corrected chi connectivity index (χ1v) is 17.1. The minimum absolute atomic E-state index is 0.360. The first kappa shape index (κ1) is 29.1. The maximum Gasteiger partial charge on any atom is 0.0467 e. The third kappa shape index (κ3) is 5.52. The predicted molar refractivity (Wildman–Crippen MR) is 210 cm³/mol. The molecular weight excluding hydrogens is 593 g/mol. The zero-order chi connectivity index (χ0) is 32.7. The monoisotopic (exact) mass is 628 g/mol. The molecule has 0 bridgehead atoms. The lowest BCUT2D eigenvalue weighted by Crippen LogP contribution is -2.21. The number of allylic oxidation sites excluding steroid dienone is 7. The largest absolute Gasteiger partial charge is 0.345 e. The van der Waals surface area contributed by atoms with Crippen LogP contribution in [0.2, 0.25) is 0 Å². The second kappa shape index (κ2) is 12.2. The molecule has 234 valence electrons. The second-order valence-electron chi connectivity index (χ2n) is 13.1. The van der Waals surface area contributed by atoms with Crippen LogP contribution in [0.15, 0.2) is 194 Å². The minimum atomic E-state index is 0.360. The average molecular weight is 629 g/mol. The van der Waals surface area contributed by atoms with E-state index < -0.39 is 0 Å². The van der Waals surface area contributed by atoms with Gasteiger partial charge in [0.1, 0.15) is 0 Å². The van der Waals surface area contributed by atoms with Crippen molar-refractivity contribution in [1.82, 2.24) is 0 Å². The summed E-state index contributed by atoms with van der Waals surface area (Å²) in [4.78, 5) is 4.65. The molecule has 0 N–H and O–H groups in total. The maximum atomic E-state index is 2.40. The summed E-state index contributed by atoms with van der Waals surface area (Å²) in [5.74, 6) is 0.775. The Labute approximate surface area is 287 Å². The Hall–Kier alpha value is -6.12. The van der Waals surface area contributed by atoms with Gasteiger partial charge < -0.3 is 9.80 Å². The standard InChI is InChI=1S/C47H36N2/c1-48(45-25-20-41-28-37-10-6-7-11-38(37)29-42(41)32-45)43-21-14-35(15-22-43)36-16-23-44(24-17-36)49(46-26-18-33-8-2-4-12-39(33)30-46)47-27-19-34-9-3-5-13-40(34)31-47/h2-33,39H,1H3. The zero-order valence-electron chi connectivity index (χ0n) is 27.4. The summed E-state index contributed by atoms with van der Waals surface area (Å²) in [7, 11) is 2.14. The van der Waals surface area contributed by atoms with Crippen molar-refractivity contribution in [2.75, 3.05) is 16.8 Å². The molecule has 7 aromatic carbocycles. The molecule has 7 aromatic rings. The Bertz CT molecular complexity index is 2460. The van der Waals surface area contributed by atoms with E-state index in [1.54, 1.807) is 0 Å². The number of anilines is 4. The van der Waals surface area contributed by atoms with Crippen molar-refractivity contribution < 1.29 is 0 Å².